The summed E-state index contributed by atoms with van der Waals surface area (Å²) in [5.41, 5.74) is -0.0829. The number of carbonyl (C=O) groups is 2. The molecule has 2 aromatic carbocycles. The Bertz CT molecular complexity index is 1860. The van der Waals surface area contributed by atoms with Crippen molar-refractivity contribution in [2.75, 3.05) is 27.2 Å². The molecule has 246 valence electrons. The molecule has 1 aliphatic carbocycles. The minimum absolute atomic E-state index is 0.0422. The maximum Gasteiger partial charge on any atom is 0.416 e. The minimum Gasteiger partial charge on any atom is -0.355 e. The molecule has 2 aromatic heterocycles. The molecule has 2 N–H and O–H groups in total. The highest BCUT2D eigenvalue weighted by atomic mass is 19.4. The molecule has 5 rings (SSSR count). The first-order chi connectivity index (χ1) is 22.4. The lowest BCUT2D eigenvalue weighted by atomic mass is 9.86. The summed E-state index contributed by atoms with van der Waals surface area (Å²) in [6.45, 7) is 9.64. The van der Waals surface area contributed by atoms with Crippen molar-refractivity contribution < 1.29 is 22.8 Å². The first kappa shape index (κ1) is 33.2. The second-order valence-electron chi connectivity index (χ2n) is 11.9. The average molecular weight is 649 g/mol. The van der Waals surface area contributed by atoms with Crippen molar-refractivity contribution in [1.82, 2.24) is 34.4 Å². The fourth-order valence-corrected chi connectivity index (χ4v) is 5.93. The molecule has 11 nitrogen and oxygen atoms in total. The Morgan fingerprint density at radius 1 is 1.04 bits per heavy atom. The van der Waals surface area contributed by atoms with Gasteiger partial charge in [0.2, 0.25) is 5.91 Å². The van der Waals surface area contributed by atoms with E-state index in [0.717, 1.165) is 34.1 Å². The fraction of sp³-hybridized carbons (Fsp3) is 0.364. The lowest BCUT2D eigenvalue weighted by molar-refractivity contribution is -0.137. The lowest BCUT2D eigenvalue weighted by Crippen LogP contribution is -2.45. The van der Waals surface area contributed by atoms with Gasteiger partial charge in [-0.25, -0.2) is 23.7 Å². The van der Waals surface area contributed by atoms with Crippen LogP contribution < -0.4 is 16.3 Å². The third kappa shape index (κ3) is 7.30. The van der Waals surface area contributed by atoms with Crippen LogP contribution in [0.15, 0.2) is 65.6 Å². The summed E-state index contributed by atoms with van der Waals surface area (Å²) in [5.74, 6) is 0.194. The van der Waals surface area contributed by atoms with E-state index in [1.165, 1.54) is 23.0 Å². The van der Waals surface area contributed by atoms with Gasteiger partial charge in [-0.15, -0.1) is 0 Å². The molecule has 0 radical (unpaired) electrons. The number of imidazole rings is 1. The molecule has 1 fully saturated rings. The highest BCUT2D eigenvalue weighted by Gasteiger charge is 2.33. The van der Waals surface area contributed by atoms with Crippen LogP contribution in [0.2, 0.25) is 0 Å². The molecule has 1 saturated carbocycles. The van der Waals surface area contributed by atoms with Gasteiger partial charge in [0, 0.05) is 12.6 Å². The van der Waals surface area contributed by atoms with E-state index in [9.17, 15) is 27.6 Å². The molecule has 2 heterocycles. The summed E-state index contributed by atoms with van der Waals surface area (Å²) < 4.78 is 44.4. The van der Waals surface area contributed by atoms with Gasteiger partial charge in [0.1, 0.15) is 5.69 Å². The highest BCUT2D eigenvalue weighted by Crippen LogP contribution is 2.32. The van der Waals surface area contributed by atoms with Gasteiger partial charge in [0.15, 0.2) is 5.69 Å². The van der Waals surface area contributed by atoms with Crippen molar-refractivity contribution >= 4 is 17.6 Å². The van der Waals surface area contributed by atoms with E-state index in [1.54, 1.807) is 42.2 Å². The summed E-state index contributed by atoms with van der Waals surface area (Å²) in [5, 5.41) is 10.3. The summed E-state index contributed by atoms with van der Waals surface area (Å²) >= 11 is 0. The van der Waals surface area contributed by atoms with Crippen LogP contribution in [0.4, 0.5) is 23.7 Å². The molecule has 14 heteroatoms. The largest absolute Gasteiger partial charge is 0.416 e. The minimum atomic E-state index is -4.64. The normalized spacial score (nSPS) is 16.6. The van der Waals surface area contributed by atoms with Crippen LogP contribution in [-0.4, -0.2) is 69.0 Å². The molecule has 0 spiro atoms. The van der Waals surface area contributed by atoms with Crippen molar-refractivity contribution in [1.29, 1.82) is 0 Å². The summed E-state index contributed by atoms with van der Waals surface area (Å²) in [7, 11) is 3.64. The fourth-order valence-electron chi connectivity index (χ4n) is 5.93. The number of likely N-dealkylation sites (N-methyl/N-ethyl adjacent to an activating group) is 1. The van der Waals surface area contributed by atoms with Gasteiger partial charge in [0.25, 0.3) is 0 Å². The Morgan fingerprint density at radius 2 is 1.74 bits per heavy atom. The van der Waals surface area contributed by atoms with Gasteiger partial charge in [-0.1, -0.05) is 18.2 Å². The number of nitrogens with one attached hydrogen (secondary N) is 2. The third-order valence-electron chi connectivity index (χ3n) is 8.25. The van der Waals surface area contributed by atoms with Crippen molar-refractivity contribution in [3.63, 3.8) is 0 Å². The molecule has 0 saturated heterocycles. The zero-order chi connectivity index (χ0) is 33.9. The van der Waals surface area contributed by atoms with E-state index in [4.69, 9.17) is 6.57 Å². The molecule has 47 heavy (non-hydrogen) atoms. The Hall–Kier alpha value is -5.16. The van der Waals surface area contributed by atoms with Crippen molar-refractivity contribution in [2.45, 2.75) is 44.8 Å². The zero-order valence-electron chi connectivity index (χ0n) is 26.2. The number of halogens is 3. The van der Waals surface area contributed by atoms with Crippen molar-refractivity contribution in [3.8, 4) is 22.8 Å². The zero-order valence-corrected chi connectivity index (χ0v) is 26.2. The molecule has 4 aromatic rings. The van der Waals surface area contributed by atoms with Gasteiger partial charge in [-0.05, 0) is 89.0 Å². The molecule has 0 bridgehead atoms. The van der Waals surface area contributed by atoms with Crippen molar-refractivity contribution in [3.05, 3.63) is 94.0 Å². The van der Waals surface area contributed by atoms with E-state index < -0.39 is 23.5 Å². The number of hydrogen-bond donors (Lipinski definition) is 2. The van der Waals surface area contributed by atoms with E-state index in [2.05, 4.69) is 20.6 Å². The van der Waals surface area contributed by atoms with E-state index >= 15 is 0 Å². The molecule has 1 aliphatic rings. The SMILES string of the molecule is [C-]#[N+]c1ccc(-n2nccc2-c2c(C)n(-c3cccc(C(F)(F)F)c3)c(=O)n2C(=O)NC2CCC(CNC(=O)CN(C)C)CC2)cc1. The van der Waals surface area contributed by atoms with E-state index in [0.29, 0.717) is 43.0 Å². The van der Waals surface area contributed by atoms with Crippen LogP contribution in [0.5, 0.6) is 0 Å². The average Bonchev–Trinajstić information content (AvgIpc) is 3.61. The number of rotatable bonds is 8. The monoisotopic (exact) mass is 648 g/mol. The van der Waals surface area contributed by atoms with Gasteiger partial charge >= 0.3 is 17.9 Å². The number of benzene rings is 2. The van der Waals surface area contributed by atoms with Gasteiger partial charge < -0.3 is 15.5 Å². The van der Waals surface area contributed by atoms with Crippen LogP contribution >= 0.6 is 0 Å². The summed E-state index contributed by atoms with van der Waals surface area (Å²) in [6.07, 6.45) is -0.379. The Labute approximate surface area is 269 Å². The van der Waals surface area contributed by atoms with Gasteiger partial charge in [-0.3, -0.25) is 9.36 Å². The van der Waals surface area contributed by atoms with Crippen LogP contribution in [-0.2, 0) is 11.0 Å². The molecule has 2 amide bonds. The molecular weight excluding hydrogens is 613 g/mol. The predicted octanol–water partition coefficient (Wildman–Crippen LogP) is 5.16. The predicted molar refractivity (Wildman–Crippen MR) is 170 cm³/mol. The summed E-state index contributed by atoms with van der Waals surface area (Å²) in [4.78, 5) is 45.2. The Morgan fingerprint density at radius 3 is 2.38 bits per heavy atom. The second-order valence-corrected chi connectivity index (χ2v) is 11.9. The second kappa shape index (κ2) is 13.7. The molecular formula is C33H35F3N8O3. The maximum atomic E-state index is 14.0. The van der Waals surface area contributed by atoms with Crippen LogP contribution in [0, 0.1) is 19.4 Å². The molecule has 0 aliphatic heterocycles. The summed E-state index contributed by atoms with van der Waals surface area (Å²) in [6, 6.07) is 11.6. The highest BCUT2D eigenvalue weighted by molar-refractivity contribution is 5.83. The quantitative estimate of drug-likeness (QED) is 0.257. The van der Waals surface area contributed by atoms with Crippen molar-refractivity contribution in [2.24, 2.45) is 5.92 Å². The first-order valence-electron chi connectivity index (χ1n) is 15.1. The Kier molecular flexibility index (Phi) is 9.67. The van der Waals surface area contributed by atoms with E-state index in [1.807, 2.05) is 14.1 Å². The Balaban J connectivity index is 1.48. The standard InChI is InChI=1S/C33H35F3N8O3/c1-21-30(28-16-17-39-44(28)26-14-12-24(37-2)13-15-26)43(32(47)42(21)27-7-5-6-23(18-27)33(34,35)36)31(46)40-25-10-8-22(9-11-25)19-38-29(45)20-41(3)4/h5-7,12-18,22,25H,8-11,19-20H2,1,3-4H3,(H,38,45)(H,40,46). The third-order valence-corrected chi connectivity index (χ3v) is 8.25. The number of nitrogens with zero attached hydrogens (tertiary/aromatic N) is 6. The number of carbonyl (C=O) groups excluding carboxylic acids is 2. The van der Waals surface area contributed by atoms with Crippen LogP contribution in [0.1, 0.15) is 36.9 Å². The van der Waals surface area contributed by atoms with Crippen LogP contribution in [0.25, 0.3) is 27.6 Å². The molecule has 0 unspecified atom stereocenters. The van der Waals surface area contributed by atoms with Gasteiger partial charge in [0.05, 0.1) is 47.6 Å². The van der Waals surface area contributed by atoms with E-state index in [-0.39, 0.29) is 34.9 Å². The lowest BCUT2D eigenvalue weighted by Gasteiger charge is -2.29. The maximum absolute atomic E-state index is 14.0. The number of amides is 2. The van der Waals surface area contributed by atoms with Crippen LogP contribution in [0.3, 0.4) is 0 Å². The topological polar surface area (TPSA) is 111 Å². The smallest absolute Gasteiger partial charge is 0.355 e. The number of aromatic nitrogens is 4. The first-order valence-corrected chi connectivity index (χ1v) is 15.1. The molecule has 0 atom stereocenters. The number of hydrogen-bond acceptors (Lipinski definition) is 5. The number of alkyl halides is 3. The van der Waals surface area contributed by atoms with Gasteiger partial charge in [-0.2, -0.15) is 18.3 Å².